The second-order valence-corrected chi connectivity index (χ2v) is 5.38. The number of rotatable bonds is 6. The summed E-state index contributed by atoms with van der Waals surface area (Å²) in [4.78, 5) is 0. The molecule has 0 aromatic heterocycles. The molecular weight excluding hydrogens is 256 g/mol. The summed E-state index contributed by atoms with van der Waals surface area (Å²) in [6.07, 6.45) is 4.41. The lowest BCUT2D eigenvalue weighted by molar-refractivity contribution is 0.463. The Balaban J connectivity index is 2.19. The minimum Gasteiger partial charge on any atom is -0.310 e. The van der Waals surface area contributed by atoms with E-state index in [4.69, 9.17) is 11.6 Å². The zero-order chi connectivity index (χ0) is 13.1. The molecule has 1 aromatic carbocycles. The second kappa shape index (κ2) is 5.98. The molecule has 1 fully saturated rings. The first-order valence-electron chi connectivity index (χ1n) is 6.49. The van der Waals surface area contributed by atoms with Crippen LogP contribution in [-0.2, 0) is 0 Å². The third kappa shape index (κ3) is 3.42. The van der Waals surface area contributed by atoms with Gasteiger partial charge in [0.2, 0.25) is 0 Å². The molecule has 0 aliphatic heterocycles. The number of nitrogens with one attached hydrogen (secondary N) is 1. The maximum atomic E-state index is 13.3. The smallest absolute Gasteiger partial charge is 0.160 e. The minimum absolute atomic E-state index is 0.0278. The van der Waals surface area contributed by atoms with Crippen LogP contribution in [0.4, 0.5) is 8.78 Å². The molecule has 0 bridgehead atoms. The third-order valence-corrected chi connectivity index (χ3v) is 3.65. The molecule has 18 heavy (non-hydrogen) atoms. The molecule has 100 valence electrons. The van der Waals surface area contributed by atoms with Crippen molar-refractivity contribution in [2.75, 3.05) is 6.54 Å². The number of hydrogen-bond donors (Lipinski definition) is 1. The van der Waals surface area contributed by atoms with Crippen molar-refractivity contribution in [2.45, 2.75) is 38.6 Å². The second-order valence-electron chi connectivity index (χ2n) is 4.97. The van der Waals surface area contributed by atoms with Gasteiger partial charge in [-0.1, -0.05) is 31.4 Å². The van der Waals surface area contributed by atoms with Gasteiger partial charge >= 0.3 is 0 Å². The van der Waals surface area contributed by atoms with Gasteiger partial charge in [-0.15, -0.1) is 0 Å². The van der Waals surface area contributed by atoms with Crippen molar-refractivity contribution in [3.05, 3.63) is 34.4 Å². The fourth-order valence-electron chi connectivity index (χ4n) is 2.13. The fourth-order valence-corrected chi connectivity index (χ4v) is 2.41. The first-order valence-corrected chi connectivity index (χ1v) is 6.87. The highest BCUT2D eigenvalue weighted by Gasteiger charge is 2.27. The molecule has 1 unspecified atom stereocenters. The highest BCUT2D eigenvalue weighted by atomic mass is 35.5. The van der Waals surface area contributed by atoms with Gasteiger partial charge in [0.15, 0.2) is 11.6 Å². The van der Waals surface area contributed by atoms with Crippen LogP contribution in [0, 0.1) is 17.6 Å². The Kier molecular flexibility index (Phi) is 4.57. The molecule has 1 aliphatic carbocycles. The summed E-state index contributed by atoms with van der Waals surface area (Å²) in [7, 11) is 0. The molecule has 4 heteroatoms. The molecule has 0 heterocycles. The molecule has 2 rings (SSSR count). The van der Waals surface area contributed by atoms with Gasteiger partial charge in [0, 0.05) is 11.1 Å². The number of halogens is 3. The van der Waals surface area contributed by atoms with Crippen LogP contribution in [0.5, 0.6) is 0 Å². The Morgan fingerprint density at radius 3 is 2.61 bits per heavy atom. The van der Waals surface area contributed by atoms with Crippen molar-refractivity contribution >= 4 is 11.6 Å². The molecule has 1 aliphatic rings. The highest BCUT2D eigenvalue weighted by molar-refractivity contribution is 6.31. The molecule has 0 spiro atoms. The largest absolute Gasteiger partial charge is 0.310 e. The van der Waals surface area contributed by atoms with Crippen LogP contribution < -0.4 is 5.32 Å². The maximum absolute atomic E-state index is 13.3. The van der Waals surface area contributed by atoms with Crippen LogP contribution in [0.25, 0.3) is 0 Å². The predicted molar refractivity (Wildman–Crippen MR) is 69.7 cm³/mol. The van der Waals surface area contributed by atoms with E-state index < -0.39 is 11.6 Å². The predicted octanol–water partition coefficient (Wildman–Crippen LogP) is 4.46. The summed E-state index contributed by atoms with van der Waals surface area (Å²) in [5.74, 6) is -1.01. The first-order chi connectivity index (χ1) is 8.61. The summed E-state index contributed by atoms with van der Waals surface area (Å²) in [5.41, 5.74) is 0.677. The lowest BCUT2D eigenvalue weighted by Crippen LogP contribution is -2.23. The summed E-state index contributed by atoms with van der Waals surface area (Å²) in [6.45, 7) is 2.93. The maximum Gasteiger partial charge on any atom is 0.160 e. The monoisotopic (exact) mass is 273 g/mol. The van der Waals surface area contributed by atoms with E-state index in [9.17, 15) is 8.78 Å². The van der Waals surface area contributed by atoms with Gasteiger partial charge in [-0.2, -0.15) is 0 Å². The standard InChI is InChI=1S/C14H18ClF2N/c1-2-5-18-14(6-9-3-4-9)10-7-12(16)13(17)8-11(10)15/h7-9,14,18H,2-6H2,1H3. The van der Waals surface area contributed by atoms with E-state index in [1.807, 2.05) is 0 Å². The molecule has 1 saturated carbocycles. The van der Waals surface area contributed by atoms with Crippen molar-refractivity contribution < 1.29 is 8.78 Å². The normalized spacial score (nSPS) is 16.9. The molecule has 1 aromatic rings. The van der Waals surface area contributed by atoms with Gasteiger partial charge in [0.25, 0.3) is 0 Å². The lowest BCUT2D eigenvalue weighted by Gasteiger charge is -2.20. The number of hydrogen-bond acceptors (Lipinski definition) is 1. The quantitative estimate of drug-likeness (QED) is 0.755. The van der Waals surface area contributed by atoms with Gasteiger partial charge in [-0.05, 0) is 43.0 Å². The molecule has 0 radical (unpaired) electrons. The van der Waals surface area contributed by atoms with E-state index in [1.165, 1.54) is 18.9 Å². The van der Waals surface area contributed by atoms with Gasteiger partial charge in [-0.25, -0.2) is 8.78 Å². The lowest BCUT2D eigenvalue weighted by atomic mass is 10.0. The molecule has 1 nitrogen and oxygen atoms in total. The van der Waals surface area contributed by atoms with Crippen LogP contribution in [0.2, 0.25) is 5.02 Å². The first kappa shape index (κ1) is 13.8. The van der Waals surface area contributed by atoms with E-state index in [2.05, 4.69) is 12.2 Å². The fraction of sp³-hybridized carbons (Fsp3) is 0.571. The highest BCUT2D eigenvalue weighted by Crippen LogP contribution is 2.39. The minimum atomic E-state index is -0.885. The van der Waals surface area contributed by atoms with Crippen molar-refractivity contribution in [3.8, 4) is 0 Å². The molecular formula is C14H18ClF2N. The Hall–Kier alpha value is -0.670. The van der Waals surface area contributed by atoms with Crippen LogP contribution in [0.1, 0.15) is 44.2 Å². The molecule has 1 N–H and O–H groups in total. The van der Waals surface area contributed by atoms with E-state index in [0.717, 1.165) is 25.5 Å². The van der Waals surface area contributed by atoms with Gasteiger partial charge in [0.05, 0.1) is 0 Å². The van der Waals surface area contributed by atoms with Gasteiger partial charge in [0.1, 0.15) is 0 Å². The van der Waals surface area contributed by atoms with Crippen molar-refractivity contribution in [3.63, 3.8) is 0 Å². The molecule has 1 atom stereocenters. The van der Waals surface area contributed by atoms with E-state index in [1.54, 1.807) is 0 Å². The molecule has 0 amide bonds. The molecule has 0 saturated heterocycles. The average Bonchev–Trinajstić information content (AvgIpc) is 3.13. The summed E-state index contributed by atoms with van der Waals surface area (Å²) < 4.78 is 26.4. The van der Waals surface area contributed by atoms with Crippen LogP contribution in [-0.4, -0.2) is 6.54 Å². The topological polar surface area (TPSA) is 12.0 Å². The SMILES string of the molecule is CCCNC(CC1CC1)c1cc(F)c(F)cc1Cl. The van der Waals surface area contributed by atoms with Crippen molar-refractivity contribution in [1.29, 1.82) is 0 Å². The van der Waals surface area contributed by atoms with E-state index >= 15 is 0 Å². The van der Waals surface area contributed by atoms with Crippen LogP contribution in [0.3, 0.4) is 0 Å². The van der Waals surface area contributed by atoms with Gasteiger partial charge in [-0.3, -0.25) is 0 Å². The van der Waals surface area contributed by atoms with Gasteiger partial charge < -0.3 is 5.32 Å². The zero-order valence-electron chi connectivity index (χ0n) is 10.5. The Bertz CT molecular complexity index is 419. The van der Waals surface area contributed by atoms with E-state index in [-0.39, 0.29) is 6.04 Å². The Morgan fingerprint density at radius 2 is 2.00 bits per heavy atom. The van der Waals surface area contributed by atoms with Crippen molar-refractivity contribution in [2.24, 2.45) is 5.92 Å². The average molecular weight is 274 g/mol. The summed E-state index contributed by atoms with van der Waals surface area (Å²) in [5, 5.41) is 3.68. The van der Waals surface area contributed by atoms with Crippen LogP contribution in [0.15, 0.2) is 12.1 Å². The van der Waals surface area contributed by atoms with Crippen LogP contribution >= 0.6 is 11.6 Å². The Labute approximate surface area is 112 Å². The zero-order valence-corrected chi connectivity index (χ0v) is 11.2. The van der Waals surface area contributed by atoms with E-state index in [0.29, 0.717) is 16.5 Å². The Morgan fingerprint density at radius 1 is 1.33 bits per heavy atom. The van der Waals surface area contributed by atoms with Crippen molar-refractivity contribution in [1.82, 2.24) is 5.32 Å². The third-order valence-electron chi connectivity index (χ3n) is 3.32. The summed E-state index contributed by atoms with van der Waals surface area (Å²) in [6, 6.07) is 2.33. The summed E-state index contributed by atoms with van der Waals surface area (Å²) >= 11 is 6.03. The number of benzene rings is 1.